The molecule has 0 bridgehead atoms. The van der Waals surface area contributed by atoms with Crippen LogP contribution < -0.4 is 16.4 Å². The third-order valence-electron chi connectivity index (χ3n) is 7.74. The van der Waals surface area contributed by atoms with E-state index in [9.17, 15) is 4.79 Å². The number of fused-ring (bicyclic) bond motifs is 1. The van der Waals surface area contributed by atoms with Crippen LogP contribution >= 0.6 is 0 Å². The molecular formula is C33H38B2O6. The van der Waals surface area contributed by atoms with Gasteiger partial charge in [0.15, 0.2) is 0 Å². The van der Waals surface area contributed by atoms with Gasteiger partial charge in [-0.15, -0.1) is 0 Å². The molecule has 8 heteroatoms. The molecule has 0 atom stereocenters. The Kier molecular flexibility index (Phi) is 8.05. The van der Waals surface area contributed by atoms with Crippen LogP contribution in [0.2, 0.25) is 0 Å². The predicted octanol–water partition coefficient (Wildman–Crippen LogP) is 5.97. The van der Waals surface area contributed by atoms with Crippen molar-refractivity contribution in [1.29, 1.82) is 0 Å². The summed E-state index contributed by atoms with van der Waals surface area (Å²) in [7, 11) is -1.06. The van der Waals surface area contributed by atoms with Gasteiger partial charge in [-0.3, -0.25) is 4.79 Å². The lowest BCUT2D eigenvalue weighted by Crippen LogP contribution is -2.41. The molecule has 6 nitrogen and oxygen atoms in total. The quantitative estimate of drug-likeness (QED) is 0.251. The molecule has 1 fully saturated rings. The molecule has 0 spiro atoms. The molecule has 4 aromatic rings. The van der Waals surface area contributed by atoms with Crippen molar-refractivity contribution in [3.63, 3.8) is 0 Å². The van der Waals surface area contributed by atoms with E-state index in [1.807, 2.05) is 122 Å². The molecule has 41 heavy (non-hydrogen) atoms. The first-order valence-electron chi connectivity index (χ1n) is 14.3. The Bertz CT molecular complexity index is 1550. The van der Waals surface area contributed by atoms with E-state index >= 15 is 0 Å². The summed E-state index contributed by atoms with van der Waals surface area (Å²) >= 11 is 0. The van der Waals surface area contributed by atoms with Crippen molar-refractivity contribution in [1.82, 2.24) is 0 Å². The van der Waals surface area contributed by atoms with Crippen molar-refractivity contribution >= 4 is 36.1 Å². The largest absolute Gasteiger partial charge is 0.494 e. The Morgan fingerprint density at radius 1 is 0.756 bits per heavy atom. The second-order valence-electron chi connectivity index (χ2n) is 12.2. The van der Waals surface area contributed by atoms with E-state index in [-0.39, 0.29) is 17.6 Å². The van der Waals surface area contributed by atoms with Crippen molar-refractivity contribution in [3.05, 3.63) is 83.0 Å². The summed E-state index contributed by atoms with van der Waals surface area (Å²) in [5.41, 5.74) is 3.27. The van der Waals surface area contributed by atoms with Crippen LogP contribution in [0.3, 0.4) is 0 Å². The molecule has 2 heterocycles. The molecule has 212 valence electrons. The Hall–Kier alpha value is -3.16. The monoisotopic (exact) mass is 552 g/mol. The SMILES string of the molecule is CC(C)OB(OC(C)C)c1ccc2c(=O)c(-c3ccc(B4OC(C)(C)C(C)(C)O4)cc3)c(-c3ccccc3)oc2c1. The molecular weight excluding hydrogens is 514 g/mol. The highest BCUT2D eigenvalue weighted by molar-refractivity contribution is 6.62. The summed E-state index contributed by atoms with van der Waals surface area (Å²) in [6.45, 7) is 16.0. The molecule has 1 aromatic heterocycles. The van der Waals surface area contributed by atoms with Crippen LogP contribution in [0.4, 0.5) is 0 Å². The van der Waals surface area contributed by atoms with Crippen molar-refractivity contribution in [2.45, 2.75) is 78.8 Å². The number of benzene rings is 3. The maximum absolute atomic E-state index is 14.1. The smallest absolute Gasteiger partial charge is 0.455 e. The van der Waals surface area contributed by atoms with Gasteiger partial charge < -0.3 is 23.0 Å². The third-order valence-corrected chi connectivity index (χ3v) is 7.74. The zero-order valence-corrected chi connectivity index (χ0v) is 25.2. The molecule has 3 aromatic carbocycles. The first-order valence-corrected chi connectivity index (χ1v) is 14.3. The fourth-order valence-corrected chi connectivity index (χ4v) is 4.88. The fraction of sp³-hybridized carbons (Fsp3) is 0.364. The van der Waals surface area contributed by atoms with Crippen molar-refractivity contribution in [2.75, 3.05) is 0 Å². The molecule has 0 unspecified atom stereocenters. The second kappa shape index (κ2) is 11.3. The first kappa shape index (κ1) is 29.3. The van der Waals surface area contributed by atoms with Gasteiger partial charge in [-0.2, -0.15) is 0 Å². The summed E-state index contributed by atoms with van der Waals surface area (Å²) in [5.74, 6) is 0.509. The van der Waals surface area contributed by atoms with E-state index in [1.165, 1.54) is 0 Å². The van der Waals surface area contributed by atoms with Crippen LogP contribution in [0.25, 0.3) is 33.4 Å². The highest BCUT2D eigenvalue weighted by Gasteiger charge is 2.51. The van der Waals surface area contributed by atoms with Gasteiger partial charge in [-0.05, 0) is 84.0 Å². The normalized spacial score (nSPS) is 16.2. The zero-order valence-electron chi connectivity index (χ0n) is 25.2. The molecule has 1 saturated heterocycles. The lowest BCUT2D eigenvalue weighted by Gasteiger charge is -2.32. The van der Waals surface area contributed by atoms with Crippen molar-refractivity contribution < 1.29 is 23.0 Å². The van der Waals surface area contributed by atoms with Gasteiger partial charge in [0.25, 0.3) is 0 Å². The Morgan fingerprint density at radius 2 is 1.34 bits per heavy atom. The topological polar surface area (TPSA) is 67.1 Å². The van der Waals surface area contributed by atoms with Gasteiger partial charge in [0.05, 0.1) is 22.2 Å². The molecule has 0 aliphatic carbocycles. The van der Waals surface area contributed by atoms with E-state index in [0.29, 0.717) is 22.3 Å². The number of hydrogen-bond donors (Lipinski definition) is 0. The second-order valence-corrected chi connectivity index (χ2v) is 12.2. The minimum atomic E-state index is -0.577. The fourth-order valence-electron chi connectivity index (χ4n) is 4.88. The lowest BCUT2D eigenvalue weighted by molar-refractivity contribution is 0.00578. The van der Waals surface area contributed by atoms with Gasteiger partial charge in [0.1, 0.15) is 11.3 Å². The highest BCUT2D eigenvalue weighted by Crippen LogP contribution is 2.37. The summed E-state index contributed by atoms with van der Waals surface area (Å²) in [5, 5.41) is 0.492. The molecule has 0 amide bonds. The summed E-state index contributed by atoms with van der Waals surface area (Å²) in [4.78, 5) is 14.1. The van der Waals surface area contributed by atoms with E-state index in [0.717, 1.165) is 22.1 Å². The Balaban J connectivity index is 1.61. The van der Waals surface area contributed by atoms with Crippen LogP contribution in [-0.4, -0.2) is 37.6 Å². The average Bonchev–Trinajstić information content (AvgIpc) is 3.14. The predicted molar refractivity (Wildman–Crippen MR) is 167 cm³/mol. The average molecular weight is 552 g/mol. The molecule has 1 aliphatic rings. The van der Waals surface area contributed by atoms with Gasteiger partial charge >= 0.3 is 14.2 Å². The zero-order chi connectivity index (χ0) is 29.5. The molecule has 0 saturated carbocycles. The summed E-state index contributed by atoms with van der Waals surface area (Å²) in [6.07, 6.45) is -0.0762. The van der Waals surface area contributed by atoms with Gasteiger partial charge in [-0.1, -0.05) is 60.7 Å². The molecule has 1 aliphatic heterocycles. The number of hydrogen-bond acceptors (Lipinski definition) is 6. The van der Waals surface area contributed by atoms with E-state index in [2.05, 4.69) is 0 Å². The summed E-state index contributed by atoms with van der Waals surface area (Å²) < 4.78 is 31.1. The van der Waals surface area contributed by atoms with E-state index in [1.54, 1.807) is 6.07 Å². The van der Waals surface area contributed by atoms with Crippen LogP contribution in [-0.2, 0) is 18.6 Å². The number of rotatable bonds is 8. The van der Waals surface area contributed by atoms with E-state index in [4.69, 9.17) is 23.0 Å². The van der Waals surface area contributed by atoms with Crippen LogP contribution in [0.5, 0.6) is 0 Å². The molecule has 0 N–H and O–H groups in total. The van der Waals surface area contributed by atoms with Gasteiger partial charge in [-0.25, -0.2) is 0 Å². The van der Waals surface area contributed by atoms with Crippen LogP contribution in [0.1, 0.15) is 55.4 Å². The maximum Gasteiger partial charge on any atom is 0.494 e. The third kappa shape index (κ3) is 5.93. The maximum atomic E-state index is 14.1. The van der Waals surface area contributed by atoms with Crippen LogP contribution in [0, 0.1) is 0 Å². The van der Waals surface area contributed by atoms with Gasteiger partial charge in [0, 0.05) is 17.8 Å². The summed E-state index contributed by atoms with van der Waals surface area (Å²) in [6, 6.07) is 23.0. The minimum absolute atomic E-state index is 0.0381. The van der Waals surface area contributed by atoms with Crippen molar-refractivity contribution in [2.24, 2.45) is 0 Å². The standard InChI is InChI=1S/C33H38B2O6/c1-21(2)38-34(39-22(3)4)26-18-19-27-28(20-26)37-31(24-12-10-9-11-13-24)29(30(27)36)23-14-16-25(17-15-23)35-40-32(5,6)33(7,8)41-35/h9-22H,1-8H3. The molecule has 5 rings (SSSR count). The van der Waals surface area contributed by atoms with Crippen LogP contribution in [0.15, 0.2) is 82.0 Å². The Labute approximate surface area is 243 Å². The minimum Gasteiger partial charge on any atom is -0.455 e. The lowest BCUT2D eigenvalue weighted by atomic mass is 9.77. The molecule has 0 radical (unpaired) electrons. The Morgan fingerprint density at radius 3 is 1.90 bits per heavy atom. The highest BCUT2D eigenvalue weighted by atomic mass is 16.7. The first-order chi connectivity index (χ1) is 19.4. The van der Waals surface area contributed by atoms with Crippen molar-refractivity contribution in [3.8, 4) is 22.5 Å². The van der Waals surface area contributed by atoms with Gasteiger partial charge in [0.2, 0.25) is 5.43 Å². The van der Waals surface area contributed by atoms with E-state index < -0.39 is 25.4 Å².